The van der Waals surface area contributed by atoms with Gasteiger partial charge in [0.15, 0.2) is 0 Å². The Morgan fingerprint density at radius 2 is 2.15 bits per heavy atom. The summed E-state index contributed by atoms with van der Waals surface area (Å²) in [5.74, 6) is 1.69. The number of aromatic nitrogens is 2. The zero-order valence-electron chi connectivity index (χ0n) is 12.6. The molecule has 0 radical (unpaired) electrons. The van der Waals surface area contributed by atoms with Gasteiger partial charge in [-0.1, -0.05) is 6.07 Å². The third-order valence-corrected chi connectivity index (χ3v) is 3.86. The van der Waals surface area contributed by atoms with Crippen LogP contribution in [0.2, 0.25) is 0 Å². The molecule has 0 saturated carbocycles. The molecule has 0 fully saturated rings. The van der Waals surface area contributed by atoms with Crippen molar-refractivity contribution >= 4 is 23.1 Å². The van der Waals surface area contributed by atoms with Crippen molar-refractivity contribution in [3.8, 4) is 0 Å². The Balaban J connectivity index is 2.28. The lowest BCUT2D eigenvalue weighted by Gasteiger charge is -2.28. The largest absolute Gasteiger partial charge is 0.354 e. The number of anilines is 2. The number of aryl methyl sites for hydroxylation is 1. The van der Waals surface area contributed by atoms with Gasteiger partial charge in [0.05, 0.1) is 6.54 Å². The molecular weight excluding hydrogens is 268 g/mol. The van der Waals surface area contributed by atoms with Gasteiger partial charge in [-0.3, -0.25) is 0 Å². The van der Waals surface area contributed by atoms with Gasteiger partial charge in [-0.25, -0.2) is 4.98 Å². The van der Waals surface area contributed by atoms with E-state index in [-0.39, 0.29) is 0 Å². The third-order valence-electron chi connectivity index (χ3n) is 3.00. The highest BCUT2D eigenvalue weighted by molar-refractivity contribution is 7.09. The van der Waals surface area contributed by atoms with Crippen LogP contribution in [0.4, 0.5) is 11.8 Å². The standard InChI is InChI=1S/C15H22N4S/c1-5-16-15-17-12(4)9-14(18-15)19(11(2)3)10-13-7-6-8-20-13/h6-9,11H,5,10H2,1-4H3,(H,16,17,18). The molecule has 2 rings (SSSR count). The summed E-state index contributed by atoms with van der Waals surface area (Å²) in [6.07, 6.45) is 0. The lowest BCUT2D eigenvalue weighted by molar-refractivity contribution is 0.675. The summed E-state index contributed by atoms with van der Waals surface area (Å²) in [6.45, 7) is 10.2. The quantitative estimate of drug-likeness (QED) is 0.881. The van der Waals surface area contributed by atoms with E-state index < -0.39 is 0 Å². The number of hydrogen-bond acceptors (Lipinski definition) is 5. The van der Waals surface area contributed by atoms with Crippen molar-refractivity contribution in [2.75, 3.05) is 16.8 Å². The highest BCUT2D eigenvalue weighted by atomic mass is 32.1. The Labute approximate surface area is 124 Å². The molecule has 2 aromatic heterocycles. The summed E-state index contributed by atoms with van der Waals surface area (Å²) in [5.41, 5.74) is 0.989. The topological polar surface area (TPSA) is 41.1 Å². The molecule has 0 bridgehead atoms. The number of nitrogens with one attached hydrogen (secondary N) is 1. The fourth-order valence-corrected chi connectivity index (χ4v) is 2.74. The predicted octanol–water partition coefficient (Wildman–Crippen LogP) is 3.69. The van der Waals surface area contributed by atoms with Crippen LogP contribution in [0.1, 0.15) is 31.3 Å². The van der Waals surface area contributed by atoms with Gasteiger partial charge in [0.25, 0.3) is 0 Å². The van der Waals surface area contributed by atoms with E-state index >= 15 is 0 Å². The van der Waals surface area contributed by atoms with Gasteiger partial charge < -0.3 is 10.2 Å². The second-order valence-electron chi connectivity index (χ2n) is 5.02. The van der Waals surface area contributed by atoms with Crippen LogP contribution in [-0.2, 0) is 6.54 Å². The first-order valence-corrected chi connectivity index (χ1v) is 7.86. The number of hydrogen-bond donors (Lipinski definition) is 1. The normalized spacial score (nSPS) is 10.8. The summed E-state index contributed by atoms with van der Waals surface area (Å²) in [4.78, 5) is 12.7. The molecule has 0 atom stereocenters. The van der Waals surface area contributed by atoms with Crippen LogP contribution >= 0.6 is 11.3 Å². The second-order valence-corrected chi connectivity index (χ2v) is 6.05. The van der Waals surface area contributed by atoms with Crippen molar-refractivity contribution in [3.63, 3.8) is 0 Å². The Morgan fingerprint density at radius 1 is 1.35 bits per heavy atom. The van der Waals surface area contributed by atoms with Gasteiger partial charge in [0, 0.05) is 29.2 Å². The fraction of sp³-hybridized carbons (Fsp3) is 0.467. The van der Waals surface area contributed by atoms with E-state index in [4.69, 9.17) is 0 Å². The van der Waals surface area contributed by atoms with Crippen molar-refractivity contribution in [1.29, 1.82) is 0 Å². The molecule has 108 valence electrons. The Kier molecular flexibility index (Phi) is 4.95. The van der Waals surface area contributed by atoms with E-state index in [1.165, 1.54) is 4.88 Å². The van der Waals surface area contributed by atoms with Crippen molar-refractivity contribution in [2.24, 2.45) is 0 Å². The first-order valence-electron chi connectivity index (χ1n) is 6.98. The summed E-state index contributed by atoms with van der Waals surface area (Å²) in [7, 11) is 0. The average Bonchev–Trinajstić information content (AvgIpc) is 2.88. The van der Waals surface area contributed by atoms with Crippen molar-refractivity contribution in [2.45, 2.75) is 40.3 Å². The molecule has 0 aliphatic rings. The fourth-order valence-electron chi connectivity index (χ4n) is 2.03. The molecule has 1 N–H and O–H groups in total. The van der Waals surface area contributed by atoms with E-state index in [9.17, 15) is 0 Å². The van der Waals surface area contributed by atoms with Gasteiger partial charge in [-0.15, -0.1) is 11.3 Å². The Bertz CT molecular complexity index is 537. The Hall–Kier alpha value is -1.62. The van der Waals surface area contributed by atoms with Crippen LogP contribution in [0.5, 0.6) is 0 Å². The molecule has 0 aromatic carbocycles. The number of thiophene rings is 1. The minimum absolute atomic E-state index is 0.390. The zero-order valence-corrected chi connectivity index (χ0v) is 13.4. The Morgan fingerprint density at radius 3 is 2.75 bits per heavy atom. The lowest BCUT2D eigenvalue weighted by Crippen LogP contribution is -2.31. The molecule has 4 nitrogen and oxygen atoms in total. The van der Waals surface area contributed by atoms with Gasteiger partial charge >= 0.3 is 0 Å². The molecule has 2 aromatic rings. The zero-order chi connectivity index (χ0) is 14.5. The molecule has 0 aliphatic carbocycles. The van der Waals surface area contributed by atoms with Crippen molar-refractivity contribution in [1.82, 2.24) is 9.97 Å². The predicted molar refractivity (Wildman–Crippen MR) is 86.6 cm³/mol. The highest BCUT2D eigenvalue weighted by Gasteiger charge is 2.15. The van der Waals surface area contributed by atoms with Gasteiger partial charge in [0.2, 0.25) is 5.95 Å². The first-order chi connectivity index (χ1) is 9.60. The van der Waals surface area contributed by atoms with E-state index in [1.807, 2.05) is 6.92 Å². The summed E-state index contributed by atoms with van der Waals surface area (Å²) >= 11 is 1.78. The van der Waals surface area contributed by atoms with Crippen LogP contribution < -0.4 is 10.2 Å². The highest BCUT2D eigenvalue weighted by Crippen LogP contribution is 2.22. The average molecular weight is 290 g/mol. The molecule has 0 aliphatic heterocycles. The lowest BCUT2D eigenvalue weighted by atomic mass is 10.2. The van der Waals surface area contributed by atoms with Gasteiger partial charge in [-0.05, 0) is 39.1 Å². The second kappa shape index (κ2) is 6.70. The van der Waals surface area contributed by atoms with E-state index in [1.54, 1.807) is 11.3 Å². The molecule has 0 saturated heterocycles. The summed E-state index contributed by atoms with van der Waals surface area (Å²) < 4.78 is 0. The molecular formula is C15H22N4S. The molecule has 20 heavy (non-hydrogen) atoms. The molecule has 0 spiro atoms. The van der Waals surface area contributed by atoms with Crippen LogP contribution in [0.3, 0.4) is 0 Å². The van der Waals surface area contributed by atoms with E-state index in [0.717, 1.165) is 24.6 Å². The summed E-state index contributed by atoms with van der Waals surface area (Å²) in [5, 5.41) is 5.31. The summed E-state index contributed by atoms with van der Waals surface area (Å²) in [6, 6.07) is 6.70. The van der Waals surface area contributed by atoms with Crippen molar-refractivity contribution in [3.05, 3.63) is 34.2 Å². The maximum atomic E-state index is 4.63. The van der Waals surface area contributed by atoms with E-state index in [2.05, 4.69) is 64.5 Å². The number of nitrogens with zero attached hydrogens (tertiary/aromatic N) is 3. The first kappa shape index (κ1) is 14.8. The smallest absolute Gasteiger partial charge is 0.224 e. The van der Waals surface area contributed by atoms with Gasteiger partial charge in [-0.2, -0.15) is 4.98 Å². The van der Waals surface area contributed by atoms with Crippen LogP contribution in [0.25, 0.3) is 0 Å². The minimum atomic E-state index is 0.390. The molecule has 5 heteroatoms. The van der Waals surface area contributed by atoms with Crippen LogP contribution in [0, 0.1) is 6.92 Å². The third kappa shape index (κ3) is 3.70. The maximum absolute atomic E-state index is 4.63. The SMILES string of the molecule is CCNc1nc(C)cc(N(Cc2cccs2)C(C)C)n1. The van der Waals surface area contributed by atoms with Gasteiger partial charge in [0.1, 0.15) is 5.82 Å². The van der Waals surface area contributed by atoms with Crippen LogP contribution in [0.15, 0.2) is 23.6 Å². The van der Waals surface area contributed by atoms with Crippen LogP contribution in [-0.4, -0.2) is 22.6 Å². The monoisotopic (exact) mass is 290 g/mol. The molecule has 2 heterocycles. The number of rotatable bonds is 6. The van der Waals surface area contributed by atoms with E-state index in [0.29, 0.717) is 12.0 Å². The minimum Gasteiger partial charge on any atom is -0.354 e. The maximum Gasteiger partial charge on any atom is 0.224 e. The molecule has 0 unspecified atom stereocenters. The van der Waals surface area contributed by atoms with Crippen molar-refractivity contribution < 1.29 is 0 Å². The molecule has 0 amide bonds.